The van der Waals surface area contributed by atoms with E-state index in [1.54, 1.807) is 0 Å². The zero-order valence-electron chi connectivity index (χ0n) is 11.3. The first-order chi connectivity index (χ1) is 9.29. The van der Waals surface area contributed by atoms with E-state index in [1.165, 1.54) is 6.20 Å². The Labute approximate surface area is 127 Å². The van der Waals surface area contributed by atoms with Gasteiger partial charge in [0, 0.05) is 6.04 Å². The zero-order chi connectivity index (χ0) is 14.9. The average Bonchev–Trinajstić information content (AvgIpc) is 2.75. The molecule has 0 aliphatic rings. The molecular formula is C13H15ClN2O2S2. The number of aryl methyl sites for hydroxylation is 2. The number of nitrogens with zero attached hydrogens (tertiary/aromatic N) is 1. The van der Waals surface area contributed by atoms with Crippen molar-refractivity contribution >= 4 is 33.0 Å². The van der Waals surface area contributed by atoms with Gasteiger partial charge in [0.2, 0.25) is 0 Å². The van der Waals surface area contributed by atoms with Crippen LogP contribution in [0.2, 0.25) is 4.47 Å². The predicted molar refractivity (Wildman–Crippen MR) is 81.8 cm³/mol. The molecule has 1 N–H and O–H groups in total. The third kappa shape index (κ3) is 3.38. The molecule has 1 heterocycles. The number of sulfonamides is 1. The second-order valence-corrected chi connectivity index (χ2v) is 8.19. The summed E-state index contributed by atoms with van der Waals surface area (Å²) in [7, 11) is -3.59. The maximum Gasteiger partial charge on any atom is 0.252 e. The SMILES string of the molecule is Cc1ccc(C(C)NS(=O)(=O)c2cnc(Cl)s2)c(C)c1. The Morgan fingerprint density at radius 3 is 2.60 bits per heavy atom. The minimum absolute atomic E-state index is 0.124. The summed E-state index contributed by atoms with van der Waals surface area (Å²) >= 11 is 6.62. The van der Waals surface area contributed by atoms with Crippen LogP contribution in [0.4, 0.5) is 0 Å². The molecule has 1 unspecified atom stereocenters. The van der Waals surface area contributed by atoms with Gasteiger partial charge in [-0.1, -0.05) is 46.7 Å². The van der Waals surface area contributed by atoms with E-state index in [9.17, 15) is 8.42 Å². The summed E-state index contributed by atoms with van der Waals surface area (Å²) in [6.45, 7) is 5.79. The minimum atomic E-state index is -3.59. The van der Waals surface area contributed by atoms with Gasteiger partial charge < -0.3 is 0 Å². The van der Waals surface area contributed by atoms with Crippen molar-refractivity contribution in [1.29, 1.82) is 0 Å². The highest BCUT2D eigenvalue weighted by Crippen LogP contribution is 2.25. The summed E-state index contributed by atoms with van der Waals surface area (Å²) in [5.41, 5.74) is 3.16. The first kappa shape index (κ1) is 15.4. The molecule has 0 radical (unpaired) electrons. The van der Waals surface area contributed by atoms with Gasteiger partial charge in [0.25, 0.3) is 10.0 Å². The molecule has 0 saturated heterocycles. The largest absolute Gasteiger partial charge is 0.252 e. The smallest absolute Gasteiger partial charge is 0.232 e. The van der Waals surface area contributed by atoms with Gasteiger partial charge in [-0.3, -0.25) is 0 Å². The van der Waals surface area contributed by atoms with Crippen LogP contribution in [0, 0.1) is 13.8 Å². The van der Waals surface area contributed by atoms with Gasteiger partial charge in [-0.2, -0.15) is 0 Å². The fourth-order valence-corrected chi connectivity index (χ4v) is 4.56. The summed E-state index contributed by atoms with van der Waals surface area (Å²) in [4.78, 5) is 3.76. The van der Waals surface area contributed by atoms with E-state index in [4.69, 9.17) is 11.6 Å². The molecule has 2 aromatic rings. The minimum Gasteiger partial charge on any atom is -0.232 e. The van der Waals surface area contributed by atoms with Crippen LogP contribution in [0.25, 0.3) is 0 Å². The fourth-order valence-electron chi connectivity index (χ4n) is 2.03. The van der Waals surface area contributed by atoms with Crippen molar-refractivity contribution in [2.45, 2.75) is 31.0 Å². The van der Waals surface area contributed by atoms with E-state index in [0.29, 0.717) is 0 Å². The molecule has 7 heteroatoms. The van der Waals surface area contributed by atoms with Crippen LogP contribution in [0.3, 0.4) is 0 Å². The third-order valence-electron chi connectivity index (χ3n) is 2.94. The maximum atomic E-state index is 12.2. The fraction of sp³-hybridized carbons (Fsp3) is 0.308. The van der Waals surface area contributed by atoms with E-state index in [-0.39, 0.29) is 14.7 Å². The Kier molecular flexibility index (Phi) is 4.49. The lowest BCUT2D eigenvalue weighted by Gasteiger charge is -2.16. The van der Waals surface area contributed by atoms with Crippen molar-refractivity contribution in [3.63, 3.8) is 0 Å². The van der Waals surface area contributed by atoms with Gasteiger partial charge in [0.1, 0.15) is 0 Å². The molecule has 0 amide bonds. The van der Waals surface area contributed by atoms with Crippen molar-refractivity contribution in [3.8, 4) is 0 Å². The van der Waals surface area contributed by atoms with Gasteiger partial charge >= 0.3 is 0 Å². The topological polar surface area (TPSA) is 59.1 Å². The molecule has 1 aromatic carbocycles. The van der Waals surface area contributed by atoms with Crippen molar-refractivity contribution in [2.75, 3.05) is 0 Å². The lowest BCUT2D eigenvalue weighted by Crippen LogP contribution is -2.26. The highest BCUT2D eigenvalue weighted by molar-refractivity contribution is 7.91. The highest BCUT2D eigenvalue weighted by atomic mass is 35.5. The van der Waals surface area contributed by atoms with E-state index in [0.717, 1.165) is 28.0 Å². The van der Waals surface area contributed by atoms with Crippen molar-refractivity contribution in [1.82, 2.24) is 9.71 Å². The number of benzene rings is 1. The Balaban J connectivity index is 2.25. The number of thiazole rings is 1. The Hall–Kier alpha value is -0.950. The van der Waals surface area contributed by atoms with Crippen LogP contribution in [0.1, 0.15) is 29.7 Å². The molecule has 20 heavy (non-hydrogen) atoms. The molecule has 0 saturated carbocycles. The zero-order valence-corrected chi connectivity index (χ0v) is 13.7. The quantitative estimate of drug-likeness (QED) is 0.934. The Bertz CT molecular complexity index is 726. The van der Waals surface area contributed by atoms with Gasteiger partial charge in [-0.05, 0) is 31.9 Å². The third-order valence-corrected chi connectivity index (χ3v) is 6.06. The molecule has 108 valence electrons. The molecule has 1 aromatic heterocycles. The number of aromatic nitrogens is 1. The number of rotatable bonds is 4. The lowest BCUT2D eigenvalue weighted by molar-refractivity contribution is 0.568. The first-order valence-electron chi connectivity index (χ1n) is 6.00. The lowest BCUT2D eigenvalue weighted by atomic mass is 10.0. The Morgan fingerprint density at radius 1 is 1.35 bits per heavy atom. The standard InChI is InChI=1S/C13H15ClN2O2S2/c1-8-4-5-11(9(2)6-8)10(3)16-20(17,18)12-7-15-13(14)19-12/h4-7,10,16H,1-3H3. The number of halogens is 1. The molecule has 2 rings (SSSR count). The monoisotopic (exact) mass is 330 g/mol. The van der Waals surface area contributed by atoms with Crippen LogP contribution in [-0.2, 0) is 10.0 Å². The molecule has 0 bridgehead atoms. The van der Waals surface area contributed by atoms with Crippen molar-refractivity contribution < 1.29 is 8.42 Å². The predicted octanol–water partition coefficient (Wildman–Crippen LogP) is 3.45. The summed E-state index contributed by atoms with van der Waals surface area (Å²) in [6, 6.07) is 5.62. The molecular weight excluding hydrogens is 316 g/mol. The highest BCUT2D eigenvalue weighted by Gasteiger charge is 2.21. The van der Waals surface area contributed by atoms with E-state index in [1.807, 2.05) is 39.0 Å². The number of hydrogen-bond donors (Lipinski definition) is 1. The Morgan fingerprint density at radius 2 is 2.05 bits per heavy atom. The normalized spacial score (nSPS) is 13.4. The van der Waals surface area contributed by atoms with Crippen LogP contribution in [-0.4, -0.2) is 13.4 Å². The second-order valence-electron chi connectivity index (χ2n) is 4.64. The van der Waals surface area contributed by atoms with Crippen LogP contribution >= 0.6 is 22.9 Å². The van der Waals surface area contributed by atoms with Crippen molar-refractivity contribution in [2.24, 2.45) is 0 Å². The summed E-state index contributed by atoms with van der Waals surface area (Å²) in [5.74, 6) is 0. The molecule has 1 atom stereocenters. The maximum absolute atomic E-state index is 12.2. The van der Waals surface area contributed by atoms with Gasteiger partial charge in [-0.15, -0.1) is 0 Å². The van der Waals surface area contributed by atoms with E-state index in [2.05, 4.69) is 9.71 Å². The first-order valence-corrected chi connectivity index (χ1v) is 8.68. The number of nitrogens with one attached hydrogen (secondary N) is 1. The van der Waals surface area contributed by atoms with Crippen LogP contribution in [0.15, 0.2) is 28.6 Å². The average molecular weight is 331 g/mol. The molecule has 0 fully saturated rings. The van der Waals surface area contributed by atoms with Gasteiger partial charge in [0.15, 0.2) is 8.68 Å². The summed E-state index contributed by atoms with van der Waals surface area (Å²) in [5, 5.41) is 0. The van der Waals surface area contributed by atoms with Gasteiger partial charge in [0.05, 0.1) is 6.20 Å². The molecule has 0 aliphatic heterocycles. The van der Waals surface area contributed by atoms with Crippen LogP contribution < -0.4 is 4.72 Å². The van der Waals surface area contributed by atoms with E-state index < -0.39 is 10.0 Å². The molecule has 0 spiro atoms. The molecule has 0 aliphatic carbocycles. The van der Waals surface area contributed by atoms with E-state index >= 15 is 0 Å². The number of hydrogen-bond acceptors (Lipinski definition) is 4. The van der Waals surface area contributed by atoms with Gasteiger partial charge in [-0.25, -0.2) is 18.1 Å². The summed E-state index contributed by atoms with van der Waals surface area (Å²) in [6.07, 6.45) is 1.27. The van der Waals surface area contributed by atoms with Crippen molar-refractivity contribution in [3.05, 3.63) is 45.6 Å². The second kappa shape index (κ2) is 5.81. The summed E-state index contributed by atoms with van der Waals surface area (Å²) < 4.78 is 27.4. The van der Waals surface area contributed by atoms with Crippen LogP contribution in [0.5, 0.6) is 0 Å². The molecule has 4 nitrogen and oxygen atoms in total.